The van der Waals surface area contributed by atoms with Gasteiger partial charge in [0.05, 0.1) is 5.92 Å². The van der Waals surface area contributed by atoms with Gasteiger partial charge in [0.15, 0.2) is 0 Å². The first kappa shape index (κ1) is 12.2. The first-order chi connectivity index (χ1) is 8.00. The fraction of sp³-hybridized carbons (Fsp3) is 0.545. The Morgan fingerprint density at radius 3 is 2.65 bits per heavy atom. The van der Waals surface area contributed by atoms with E-state index in [2.05, 4.69) is 4.98 Å². The van der Waals surface area contributed by atoms with E-state index in [4.69, 9.17) is 5.73 Å². The molecule has 2 rings (SSSR count). The summed E-state index contributed by atoms with van der Waals surface area (Å²) in [5.41, 5.74) is 6.31. The van der Waals surface area contributed by atoms with E-state index in [9.17, 15) is 13.2 Å². The molecule has 94 valence electrons. The molecule has 0 saturated carbocycles. The van der Waals surface area contributed by atoms with Crippen LogP contribution in [0, 0.1) is 5.92 Å². The van der Waals surface area contributed by atoms with Gasteiger partial charge < -0.3 is 10.6 Å². The van der Waals surface area contributed by atoms with Crippen LogP contribution in [0.4, 0.5) is 19.0 Å². The molecule has 0 bridgehead atoms. The van der Waals surface area contributed by atoms with E-state index in [0.29, 0.717) is 18.9 Å². The van der Waals surface area contributed by atoms with Crippen LogP contribution in [-0.4, -0.2) is 24.2 Å². The number of nitrogens with two attached hydrogens (primary N) is 1. The van der Waals surface area contributed by atoms with Crippen LogP contribution < -0.4 is 10.6 Å². The second kappa shape index (κ2) is 4.52. The average Bonchev–Trinajstić information content (AvgIpc) is 2.78. The zero-order valence-electron chi connectivity index (χ0n) is 9.24. The molecule has 1 aliphatic heterocycles. The van der Waals surface area contributed by atoms with Gasteiger partial charge in [-0.3, -0.25) is 0 Å². The monoisotopic (exact) mass is 245 g/mol. The molecule has 6 heteroatoms. The third kappa shape index (κ3) is 2.69. The van der Waals surface area contributed by atoms with Crippen LogP contribution >= 0.6 is 0 Å². The van der Waals surface area contributed by atoms with E-state index in [0.717, 1.165) is 5.56 Å². The highest BCUT2D eigenvalue weighted by atomic mass is 19.4. The summed E-state index contributed by atoms with van der Waals surface area (Å²) in [6, 6.07) is 3.52. The summed E-state index contributed by atoms with van der Waals surface area (Å²) in [6.07, 6.45) is -2.36. The molecule has 1 aromatic heterocycles. The molecule has 0 aliphatic carbocycles. The van der Waals surface area contributed by atoms with Gasteiger partial charge in [0.2, 0.25) is 0 Å². The minimum Gasteiger partial charge on any atom is -0.356 e. The van der Waals surface area contributed by atoms with Gasteiger partial charge in [0, 0.05) is 25.8 Å². The van der Waals surface area contributed by atoms with E-state index in [1.165, 1.54) is 0 Å². The number of pyridine rings is 1. The SMILES string of the molecule is NCc1ccc(N2CCC(C(F)(F)F)C2)nc1. The maximum Gasteiger partial charge on any atom is 0.393 e. The Balaban J connectivity index is 2.05. The molecule has 0 aromatic carbocycles. The molecule has 1 aromatic rings. The molecule has 1 unspecified atom stereocenters. The molecular formula is C11H14F3N3. The molecule has 1 atom stereocenters. The zero-order valence-corrected chi connectivity index (χ0v) is 9.24. The second-order valence-electron chi connectivity index (χ2n) is 4.20. The highest BCUT2D eigenvalue weighted by Gasteiger charge is 2.43. The normalized spacial score (nSPS) is 20.9. The van der Waals surface area contributed by atoms with E-state index >= 15 is 0 Å². The predicted octanol–water partition coefficient (Wildman–Crippen LogP) is 1.93. The van der Waals surface area contributed by atoms with Gasteiger partial charge in [0.1, 0.15) is 5.82 Å². The molecule has 2 heterocycles. The van der Waals surface area contributed by atoms with Crippen molar-refractivity contribution in [1.29, 1.82) is 0 Å². The number of anilines is 1. The third-order valence-corrected chi connectivity index (χ3v) is 3.02. The number of nitrogens with zero attached hydrogens (tertiary/aromatic N) is 2. The standard InChI is InChI=1S/C11H14F3N3/c12-11(13,14)9-3-4-17(7-9)10-2-1-8(5-15)6-16-10/h1-2,6,9H,3-5,7,15H2. The maximum atomic E-state index is 12.5. The number of rotatable bonds is 2. The van der Waals surface area contributed by atoms with Crippen molar-refractivity contribution in [2.45, 2.75) is 19.1 Å². The minimum atomic E-state index is -4.11. The van der Waals surface area contributed by atoms with Gasteiger partial charge >= 0.3 is 6.18 Å². The van der Waals surface area contributed by atoms with Crippen LogP contribution in [0.25, 0.3) is 0 Å². The Morgan fingerprint density at radius 2 is 2.18 bits per heavy atom. The summed E-state index contributed by atoms with van der Waals surface area (Å²) in [7, 11) is 0. The first-order valence-corrected chi connectivity index (χ1v) is 5.47. The Hall–Kier alpha value is -1.30. The lowest BCUT2D eigenvalue weighted by atomic mass is 10.1. The van der Waals surface area contributed by atoms with Crippen molar-refractivity contribution in [3.05, 3.63) is 23.9 Å². The first-order valence-electron chi connectivity index (χ1n) is 5.47. The molecular weight excluding hydrogens is 231 g/mol. The molecule has 1 fully saturated rings. The number of hydrogen-bond acceptors (Lipinski definition) is 3. The van der Waals surface area contributed by atoms with Gasteiger partial charge in [0.25, 0.3) is 0 Å². The summed E-state index contributed by atoms with van der Waals surface area (Å²) in [5, 5.41) is 0. The number of hydrogen-bond donors (Lipinski definition) is 1. The molecule has 0 radical (unpaired) electrons. The second-order valence-corrected chi connectivity index (χ2v) is 4.20. The van der Waals surface area contributed by atoms with Gasteiger partial charge in [-0.05, 0) is 18.1 Å². The van der Waals surface area contributed by atoms with E-state index in [1.807, 2.05) is 0 Å². The Labute approximate surface area is 97.4 Å². The fourth-order valence-electron chi connectivity index (χ4n) is 1.96. The highest BCUT2D eigenvalue weighted by Crippen LogP contribution is 2.34. The smallest absolute Gasteiger partial charge is 0.356 e. The molecule has 0 amide bonds. The Morgan fingerprint density at radius 1 is 1.41 bits per heavy atom. The summed E-state index contributed by atoms with van der Waals surface area (Å²) >= 11 is 0. The van der Waals surface area contributed by atoms with E-state index in [-0.39, 0.29) is 13.0 Å². The van der Waals surface area contributed by atoms with Crippen LogP contribution in [0.15, 0.2) is 18.3 Å². The van der Waals surface area contributed by atoms with Crippen molar-refractivity contribution in [1.82, 2.24) is 4.98 Å². The van der Waals surface area contributed by atoms with Gasteiger partial charge in [-0.2, -0.15) is 13.2 Å². The average molecular weight is 245 g/mol. The van der Waals surface area contributed by atoms with Crippen molar-refractivity contribution in [3.63, 3.8) is 0 Å². The van der Waals surface area contributed by atoms with Crippen molar-refractivity contribution in [2.24, 2.45) is 11.7 Å². The van der Waals surface area contributed by atoms with Crippen LogP contribution in [0.1, 0.15) is 12.0 Å². The maximum absolute atomic E-state index is 12.5. The van der Waals surface area contributed by atoms with Crippen LogP contribution in [-0.2, 0) is 6.54 Å². The molecule has 0 spiro atoms. The quantitative estimate of drug-likeness (QED) is 0.865. The molecule has 17 heavy (non-hydrogen) atoms. The van der Waals surface area contributed by atoms with Crippen molar-refractivity contribution < 1.29 is 13.2 Å². The van der Waals surface area contributed by atoms with Crippen LogP contribution in [0.3, 0.4) is 0 Å². The number of aromatic nitrogens is 1. The highest BCUT2D eigenvalue weighted by molar-refractivity contribution is 5.40. The van der Waals surface area contributed by atoms with Crippen molar-refractivity contribution >= 4 is 5.82 Å². The van der Waals surface area contributed by atoms with E-state index < -0.39 is 12.1 Å². The molecule has 1 saturated heterocycles. The largest absolute Gasteiger partial charge is 0.393 e. The summed E-state index contributed by atoms with van der Waals surface area (Å²) < 4.78 is 37.5. The zero-order chi connectivity index (χ0) is 12.5. The van der Waals surface area contributed by atoms with Gasteiger partial charge in [-0.25, -0.2) is 4.98 Å². The lowest BCUT2D eigenvalue weighted by molar-refractivity contribution is -0.168. The Bertz CT molecular complexity index is 375. The predicted molar refractivity (Wildman–Crippen MR) is 58.5 cm³/mol. The van der Waals surface area contributed by atoms with Crippen LogP contribution in [0.2, 0.25) is 0 Å². The van der Waals surface area contributed by atoms with Crippen LogP contribution in [0.5, 0.6) is 0 Å². The van der Waals surface area contributed by atoms with Gasteiger partial charge in [-0.1, -0.05) is 6.07 Å². The number of alkyl halides is 3. The summed E-state index contributed by atoms with van der Waals surface area (Å²) in [6.45, 7) is 0.788. The summed E-state index contributed by atoms with van der Waals surface area (Å²) in [5.74, 6) is -0.646. The minimum absolute atomic E-state index is 0.00152. The molecule has 2 N–H and O–H groups in total. The van der Waals surface area contributed by atoms with Crippen molar-refractivity contribution in [2.75, 3.05) is 18.0 Å². The topological polar surface area (TPSA) is 42.1 Å². The fourth-order valence-corrected chi connectivity index (χ4v) is 1.96. The molecule has 1 aliphatic rings. The number of halogens is 3. The third-order valence-electron chi connectivity index (χ3n) is 3.02. The Kier molecular flexibility index (Phi) is 3.24. The summed E-state index contributed by atoms with van der Waals surface area (Å²) in [4.78, 5) is 5.79. The lowest BCUT2D eigenvalue weighted by Gasteiger charge is -2.18. The van der Waals surface area contributed by atoms with E-state index in [1.54, 1.807) is 23.2 Å². The lowest BCUT2D eigenvalue weighted by Crippen LogP contribution is -2.27. The molecule has 3 nitrogen and oxygen atoms in total. The van der Waals surface area contributed by atoms with Gasteiger partial charge in [-0.15, -0.1) is 0 Å². The van der Waals surface area contributed by atoms with Crippen molar-refractivity contribution in [3.8, 4) is 0 Å².